The Morgan fingerprint density at radius 2 is 1.05 bits per heavy atom. The van der Waals surface area contributed by atoms with E-state index in [-0.39, 0.29) is 47.8 Å². The van der Waals surface area contributed by atoms with Crippen LogP contribution in [-0.2, 0) is 71.1 Å². The highest BCUT2D eigenvalue weighted by molar-refractivity contribution is 5.88. The Hall–Kier alpha value is -0.970. The molecular weight excluding hydrogens is 861 g/mol. The van der Waals surface area contributed by atoms with Gasteiger partial charge in [-0.1, -0.05) is 6.92 Å². The van der Waals surface area contributed by atoms with Gasteiger partial charge >= 0.3 is 0 Å². The summed E-state index contributed by atoms with van der Waals surface area (Å²) >= 11 is 0. The smallest absolute Gasteiger partial charge is 0.172 e. The van der Waals surface area contributed by atoms with E-state index in [2.05, 4.69) is 20.8 Å². The summed E-state index contributed by atoms with van der Waals surface area (Å²) in [6, 6.07) is 0. The quantitative estimate of drug-likeness (QED) is 0.259. The lowest BCUT2D eigenvalue weighted by Gasteiger charge is -2.58. The van der Waals surface area contributed by atoms with Crippen LogP contribution in [0.2, 0.25) is 0 Å². The molecule has 2 bridgehead atoms. The predicted octanol–water partition coefficient (Wildman–Crippen LogP) is 4.56. The normalized spacial score (nSPS) is 55.2. The van der Waals surface area contributed by atoms with Gasteiger partial charge in [-0.25, -0.2) is 0 Å². The van der Waals surface area contributed by atoms with Gasteiger partial charge in [-0.2, -0.15) is 0 Å². The van der Waals surface area contributed by atoms with Gasteiger partial charge in [0.15, 0.2) is 30.9 Å². The van der Waals surface area contributed by atoms with Crippen LogP contribution in [0.1, 0.15) is 119 Å². The number of ketones is 1. The molecule has 3 saturated carbocycles. The first kappa shape index (κ1) is 50.0. The van der Waals surface area contributed by atoms with Gasteiger partial charge in [0.1, 0.15) is 30.2 Å². The van der Waals surface area contributed by atoms with Gasteiger partial charge in [0.2, 0.25) is 0 Å². The van der Waals surface area contributed by atoms with E-state index in [4.69, 9.17) is 66.3 Å². The summed E-state index contributed by atoms with van der Waals surface area (Å²) in [5.41, 5.74) is -0.764. The van der Waals surface area contributed by atoms with Crippen LogP contribution in [0.5, 0.6) is 0 Å². The zero-order chi connectivity index (χ0) is 47.0. The highest BCUT2D eigenvalue weighted by Crippen LogP contribution is 2.67. The van der Waals surface area contributed by atoms with E-state index in [9.17, 15) is 15.0 Å². The maximum Gasteiger partial charge on any atom is 0.172 e. The van der Waals surface area contributed by atoms with Gasteiger partial charge in [-0.05, 0) is 85.0 Å². The fourth-order valence-electron chi connectivity index (χ4n) is 14.4. The number of hydrogen-bond acceptors (Lipinski definition) is 17. The SMILES string of the molecule is CO[C@H]1C[C@H](O[C@@H]2[C@@H](C)O[C@@H](O[C@@H]3C[C@@H]4CC[C@@]56O[C@@H](C)[C@@H]7CCC(=O)[C@]7(C)[C@@H](C[C@@H]5[C@@]4(C)C[C@H]3O)O6)C[C@H]2OC)O[C@H](C)[C@H]1O[C@H]1C[C@@H](OC)[C@H](O[C@H]2C[C@@H](OC)[C@H](O)[C@@H](C)O2)[C@@H](C)O1. The van der Waals surface area contributed by atoms with Gasteiger partial charge < -0.3 is 76.5 Å². The highest BCUT2D eigenvalue weighted by atomic mass is 16.8. The molecule has 9 fully saturated rings. The second-order valence-electron chi connectivity index (χ2n) is 21.7. The Labute approximate surface area is 391 Å². The van der Waals surface area contributed by atoms with Crippen LogP contribution in [0, 0.1) is 28.6 Å². The maximum atomic E-state index is 13.4. The van der Waals surface area contributed by atoms with Crippen molar-refractivity contribution in [1.82, 2.24) is 0 Å². The Bertz CT molecular complexity index is 1670. The lowest BCUT2D eigenvalue weighted by atomic mass is 9.51. The number of hydrogen-bond donors (Lipinski definition) is 2. The van der Waals surface area contributed by atoms with Crippen molar-refractivity contribution in [3.8, 4) is 0 Å². The van der Waals surface area contributed by atoms with Crippen LogP contribution in [-0.4, -0.2) is 173 Å². The molecule has 2 N–H and O–H groups in total. The second kappa shape index (κ2) is 19.6. The van der Waals surface area contributed by atoms with Crippen molar-refractivity contribution in [3.05, 3.63) is 0 Å². The lowest BCUT2D eigenvalue weighted by Crippen LogP contribution is -2.60. The minimum absolute atomic E-state index is 0.0618. The predicted molar refractivity (Wildman–Crippen MR) is 233 cm³/mol. The third kappa shape index (κ3) is 8.90. The zero-order valence-electron chi connectivity index (χ0n) is 41.1. The van der Waals surface area contributed by atoms with Crippen molar-refractivity contribution in [2.24, 2.45) is 28.6 Å². The van der Waals surface area contributed by atoms with Gasteiger partial charge in [0, 0.05) is 78.8 Å². The van der Waals surface area contributed by atoms with E-state index in [1.807, 2.05) is 20.8 Å². The average Bonchev–Trinajstić information content (AvgIpc) is 3.80. The standard InChI is InChI=1S/C49H80O17/c1-23-29-12-13-37(51)48(29,7)38-21-36-47(6)22-30(50)31(16-28(47)14-15-49(36,65-23)66-38)61-39-18-33(54-9)44(25(3)58-39)63-41-20-35(56-11)46(27(5)60-41)64-42-19-34(55-10)45(26(4)59-42)62-40-17-32(53-8)43(52)24(2)57-40/h23-36,38-46,50,52H,12-22H2,1-11H3/t23-,24+,25+,26+,27+,28-,29-,30+,31+,32+,33+,34+,35-,36+,38+,39-,40-,41-,42-,43+,44+,45+,46+,47-,48+,49-/m0/s1. The molecule has 378 valence electrons. The summed E-state index contributed by atoms with van der Waals surface area (Å²) in [7, 11) is 6.55. The first-order valence-corrected chi connectivity index (χ1v) is 25.0. The van der Waals surface area contributed by atoms with Crippen molar-refractivity contribution in [2.75, 3.05) is 28.4 Å². The van der Waals surface area contributed by atoms with Crippen molar-refractivity contribution >= 4 is 5.78 Å². The molecule has 1 spiro atoms. The van der Waals surface area contributed by atoms with Crippen LogP contribution in [0.4, 0.5) is 0 Å². The van der Waals surface area contributed by atoms with Gasteiger partial charge in [-0.15, -0.1) is 0 Å². The summed E-state index contributed by atoms with van der Waals surface area (Å²) in [5.74, 6) is 0.129. The fraction of sp³-hybridized carbons (Fsp3) is 0.980. The number of aliphatic hydroxyl groups excluding tert-OH is 2. The fourth-order valence-corrected chi connectivity index (χ4v) is 14.4. The number of fused-ring (bicyclic) bond motifs is 5. The van der Waals surface area contributed by atoms with Gasteiger partial charge in [-0.3, -0.25) is 4.79 Å². The number of carbonyl (C=O) groups is 1. The topological polar surface area (TPSA) is 187 Å². The van der Waals surface area contributed by atoms with Crippen molar-refractivity contribution in [2.45, 2.75) is 248 Å². The molecule has 0 aromatic carbocycles. The number of aliphatic hydroxyl groups is 2. The van der Waals surface area contributed by atoms with E-state index in [1.54, 1.807) is 35.4 Å². The largest absolute Gasteiger partial charge is 0.390 e. The molecule has 0 aromatic heterocycles. The minimum Gasteiger partial charge on any atom is -0.390 e. The Balaban J connectivity index is 0.775. The van der Waals surface area contributed by atoms with Crippen LogP contribution < -0.4 is 0 Å². The molecule has 66 heavy (non-hydrogen) atoms. The van der Waals surface area contributed by atoms with E-state index in [0.29, 0.717) is 56.6 Å². The zero-order valence-corrected chi connectivity index (χ0v) is 41.1. The molecule has 9 aliphatic rings. The van der Waals surface area contributed by atoms with Crippen LogP contribution in [0.15, 0.2) is 0 Å². The van der Waals surface area contributed by atoms with Gasteiger partial charge in [0.05, 0.1) is 78.7 Å². The number of ether oxygens (including phenoxy) is 14. The highest BCUT2D eigenvalue weighted by Gasteiger charge is 2.71. The lowest BCUT2D eigenvalue weighted by molar-refractivity contribution is -0.349. The molecule has 6 heterocycles. The molecule has 3 aliphatic carbocycles. The third-order valence-electron chi connectivity index (χ3n) is 18.1. The average molecular weight is 941 g/mol. The summed E-state index contributed by atoms with van der Waals surface area (Å²) in [6.07, 6.45) is -2.23. The number of Topliss-reactive ketones (excluding diaryl/α,β-unsaturated/α-hetero) is 1. The molecule has 26 atom stereocenters. The summed E-state index contributed by atoms with van der Waals surface area (Å²) in [5, 5.41) is 22.3. The van der Waals surface area contributed by atoms with Gasteiger partial charge in [0.25, 0.3) is 0 Å². The Kier molecular flexibility index (Phi) is 14.8. The van der Waals surface area contributed by atoms with Crippen LogP contribution in [0.3, 0.4) is 0 Å². The summed E-state index contributed by atoms with van der Waals surface area (Å²) < 4.78 is 89.0. The number of carbonyl (C=O) groups excluding carboxylic acids is 1. The number of rotatable bonds is 12. The van der Waals surface area contributed by atoms with Crippen LogP contribution in [0.25, 0.3) is 0 Å². The maximum absolute atomic E-state index is 13.4. The molecular formula is C49H80O17. The van der Waals surface area contributed by atoms with E-state index in [1.165, 1.54) is 0 Å². The van der Waals surface area contributed by atoms with E-state index >= 15 is 0 Å². The van der Waals surface area contributed by atoms with Crippen molar-refractivity contribution < 1.29 is 81.3 Å². The molecule has 0 unspecified atom stereocenters. The van der Waals surface area contributed by atoms with E-state index in [0.717, 1.165) is 25.7 Å². The third-order valence-corrected chi connectivity index (χ3v) is 18.1. The van der Waals surface area contributed by atoms with Crippen LogP contribution >= 0.6 is 0 Å². The summed E-state index contributed by atoms with van der Waals surface area (Å²) in [4.78, 5) is 13.4. The molecule has 6 aliphatic heterocycles. The second-order valence-corrected chi connectivity index (χ2v) is 21.7. The molecule has 0 aromatic rings. The van der Waals surface area contributed by atoms with Crippen molar-refractivity contribution in [1.29, 1.82) is 0 Å². The Morgan fingerprint density at radius 1 is 0.561 bits per heavy atom. The molecule has 0 radical (unpaired) electrons. The molecule has 9 rings (SSSR count). The van der Waals surface area contributed by atoms with Crippen molar-refractivity contribution in [3.63, 3.8) is 0 Å². The molecule has 6 saturated heterocycles. The monoisotopic (exact) mass is 941 g/mol. The summed E-state index contributed by atoms with van der Waals surface area (Å²) in [6.45, 7) is 14.2. The first-order valence-electron chi connectivity index (χ1n) is 25.0. The molecule has 17 nitrogen and oxygen atoms in total. The molecule has 17 heteroatoms. The molecule has 0 amide bonds. The Morgan fingerprint density at radius 3 is 1.56 bits per heavy atom. The minimum atomic E-state index is -0.739. The first-order chi connectivity index (χ1) is 31.4. The number of methoxy groups -OCH3 is 4. The van der Waals surface area contributed by atoms with E-state index < -0.39 is 104 Å².